The van der Waals surface area contributed by atoms with Gasteiger partial charge >= 0.3 is 18.2 Å². The highest BCUT2D eigenvalue weighted by molar-refractivity contribution is 5.51. The van der Waals surface area contributed by atoms with Gasteiger partial charge in [-0.3, -0.25) is 4.57 Å². The molecular weight excluding hydrogens is 497 g/mol. The number of hydrogen-bond acceptors (Lipinski definition) is 9. The summed E-state index contributed by atoms with van der Waals surface area (Å²) in [5.74, 6) is 0.327. The Kier molecular flexibility index (Phi) is 6.74. The van der Waals surface area contributed by atoms with E-state index < -0.39 is 11.3 Å². The summed E-state index contributed by atoms with van der Waals surface area (Å²) in [5, 5.41) is 10.9. The van der Waals surface area contributed by atoms with Crippen LogP contribution < -0.4 is 19.3 Å². The van der Waals surface area contributed by atoms with Crippen molar-refractivity contribution < 1.29 is 32.3 Å². The van der Waals surface area contributed by atoms with Crippen molar-refractivity contribution in [2.75, 3.05) is 42.6 Å². The summed E-state index contributed by atoms with van der Waals surface area (Å²) in [6.45, 7) is 3.79. The van der Waals surface area contributed by atoms with Crippen LogP contribution in [0.1, 0.15) is 5.56 Å². The first kappa shape index (κ1) is 24.6. The molecule has 1 fully saturated rings. The van der Waals surface area contributed by atoms with Crippen LogP contribution in [-0.4, -0.2) is 64.7 Å². The van der Waals surface area contributed by atoms with E-state index in [0.29, 0.717) is 39.3 Å². The second kappa shape index (κ2) is 10.1. The average Bonchev–Trinajstić information content (AvgIpc) is 3.32. The number of hydrogen-bond donors (Lipinski definition) is 0. The molecule has 196 valence electrons. The fourth-order valence-corrected chi connectivity index (χ4v) is 4.22. The Morgan fingerprint density at radius 2 is 1.81 bits per heavy atom. The third-order valence-electron chi connectivity index (χ3n) is 6.05. The topological polar surface area (TPSA) is 108 Å². The highest BCUT2D eigenvalue weighted by atomic mass is 19.4. The lowest BCUT2D eigenvalue weighted by Crippen LogP contribution is -2.46. The molecule has 1 aromatic carbocycles. The second-order valence-electron chi connectivity index (χ2n) is 8.58. The molecule has 11 nitrogen and oxygen atoms in total. The summed E-state index contributed by atoms with van der Waals surface area (Å²) < 4.78 is 53.9. The first-order valence-electron chi connectivity index (χ1n) is 11.5. The van der Waals surface area contributed by atoms with E-state index in [2.05, 4.69) is 24.5 Å². The molecule has 0 unspecified atom stereocenters. The summed E-state index contributed by atoms with van der Waals surface area (Å²) in [4.78, 5) is 22.9. The average molecular weight is 520 g/mol. The summed E-state index contributed by atoms with van der Waals surface area (Å²) >= 11 is 0. The van der Waals surface area contributed by atoms with Crippen LogP contribution in [0.3, 0.4) is 0 Å². The molecule has 1 atom stereocenters. The molecule has 3 aromatic rings. The van der Waals surface area contributed by atoms with Crippen LogP contribution in [0.2, 0.25) is 0 Å². The lowest BCUT2D eigenvalue weighted by molar-refractivity contribution is -0.389. The van der Waals surface area contributed by atoms with Crippen molar-refractivity contribution in [2.24, 2.45) is 0 Å². The molecular formula is C23H23F3N6O5. The Labute approximate surface area is 209 Å². The SMILES string of the molecule is O=[N+]([O-])c1cn2c(n1)OC[C@@H](OCc1ccc(N3CCN(c4ccc(OC(F)(F)F)cc4)CC3)nc1)C2. The summed E-state index contributed by atoms with van der Waals surface area (Å²) in [5.41, 5.74) is 1.71. The third kappa shape index (κ3) is 6.02. The second-order valence-corrected chi connectivity index (χ2v) is 8.58. The maximum absolute atomic E-state index is 12.3. The Bertz CT molecular complexity index is 1230. The molecule has 0 bridgehead atoms. The molecule has 4 heterocycles. The Hall–Kier alpha value is -4.07. The van der Waals surface area contributed by atoms with Crippen LogP contribution in [0, 0.1) is 10.1 Å². The molecule has 5 rings (SSSR count). The molecule has 2 aromatic heterocycles. The van der Waals surface area contributed by atoms with E-state index in [0.717, 1.165) is 17.1 Å². The minimum Gasteiger partial charge on any atom is -0.443 e. The number of piperazine rings is 1. The van der Waals surface area contributed by atoms with E-state index in [4.69, 9.17) is 9.47 Å². The van der Waals surface area contributed by atoms with Gasteiger partial charge in [-0.25, -0.2) is 4.98 Å². The van der Waals surface area contributed by atoms with Gasteiger partial charge < -0.3 is 34.1 Å². The maximum atomic E-state index is 12.3. The summed E-state index contributed by atoms with van der Waals surface area (Å²) in [6, 6.07) is 9.94. The summed E-state index contributed by atoms with van der Waals surface area (Å²) in [6.07, 6.45) is -1.90. The highest BCUT2D eigenvalue weighted by Crippen LogP contribution is 2.27. The Morgan fingerprint density at radius 3 is 2.46 bits per heavy atom. The largest absolute Gasteiger partial charge is 0.573 e. The fraction of sp³-hybridized carbons (Fsp3) is 0.391. The van der Waals surface area contributed by atoms with Crippen LogP contribution in [-0.2, 0) is 17.9 Å². The number of pyridine rings is 1. The van der Waals surface area contributed by atoms with Crippen LogP contribution >= 0.6 is 0 Å². The lowest BCUT2D eigenvalue weighted by Gasteiger charge is -2.36. The number of rotatable bonds is 7. The monoisotopic (exact) mass is 520 g/mol. The number of anilines is 2. The van der Waals surface area contributed by atoms with Gasteiger partial charge in [-0.15, -0.1) is 13.2 Å². The zero-order chi connectivity index (χ0) is 26.0. The number of imidazole rings is 1. The van der Waals surface area contributed by atoms with E-state index in [1.807, 2.05) is 12.1 Å². The van der Waals surface area contributed by atoms with Gasteiger partial charge in [0.1, 0.15) is 30.5 Å². The van der Waals surface area contributed by atoms with Crippen molar-refractivity contribution in [1.29, 1.82) is 0 Å². The summed E-state index contributed by atoms with van der Waals surface area (Å²) in [7, 11) is 0. The van der Waals surface area contributed by atoms with Crippen molar-refractivity contribution in [3.63, 3.8) is 0 Å². The van der Waals surface area contributed by atoms with Crippen LogP contribution in [0.25, 0.3) is 0 Å². The first-order chi connectivity index (χ1) is 17.7. The van der Waals surface area contributed by atoms with Crippen molar-refractivity contribution in [3.8, 4) is 11.8 Å². The molecule has 0 aliphatic carbocycles. The Morgan fingerprint density at radius 1 is 1.08 bits per heavy atom. The minimum atomic E-state index is -4.71. The number of aromatic nitrogens is 3. The molecule has 2 aliphatic heterocycles. The maximum Gasteiger partial charge on any atom is 0.573 e. The van der Waals surface area contributed by atoms with Crippen molar-refractivity contribution >= 4 is 17.3 Å². The molecule has 2 aliphatic rings. The van der Waals surface area contributed by atoms with Gasteiger partial charge in [0.15, 0.2) is 0 Å². The predicted molar refractivity (Wildman–Crippen MR) is 125 cm³/mol. The Balaban J connectivity index is 1.09. The van der Waals surface area contributed by atoms with Gasteiger partial charge in [0.05, 0.1) is 13.2 Å². The highest BCUT2D eigenvalue weighted by Gasteiger charge is 2.31. The molecule has 37 heavy (non-hydrogen) atoms. The lowest BCUT2D eigenvalue weighted by atomic mass is 10.2. The number of benzene rings is 1. The number of ether oxygens (including phenoxy) is 3. The van der Waals surface area contributed by atoms with Crippen molar-refractivity contribution in [2.45, 2.75) is 25.6 Å². The third-order valence-corrected chi connectivity index (χ3v) is 6.05. The van der Waals surface area contributed by atoms with E-state index >= 15 is 0 Å². The van der Waals surface area contributed by atoms with Gasteiger partial charge in [-0.2, -0.15) is 0 Å². The first-order valence-corrected chi connectivity index (χ1v) is 11.5. The van der Waals surface area contributed by atoms with Crippen LogP contribution in [0.4, 0.5) is 30.5 Å². The van der Waals surface area contributed by atoms with E-state index in [9.17, 15) is 23.3 Å². The quantitative estimate of drug-likeness (QED) is 0.342. The molecule has 0 radical (unpaired) electrons. The molecule has 0 N–H and O–H groups in total. The van der Waals surface area contributed by atoms with Crippen molar-refractivity contribution in [3.05, 3.63) is 64.5 Å². The van der Waals surface area contributed by atoms with E-state index in [-0.39, 0.29) is 30.3 Å². The number of fused-ring (bicyclic) bond motifs is 1. The number of nitrogens with zero attached hydrogens (tertiary/aromatic N) is 6. The fourth-order valence-electron chi connectivity index (χ4n) is 4.22. The molecule has 0 amide bonds. The standard InChI is InChI=1S/C23H23F3N6O5/c24-23(25,26)37-18-4-2-17(3-5-18)29-7-9-30(10-8-29)20-6-1-16(11-27-20)14-35-19-12-31-13-21(32(33)34)28-22(31)36-15-19/h1-6,11,13,19H,7-10,12,14-15H2/t19-/m0/s1. The number of alkyl halides is 3. The smallest absolute Gasteiger partial charge is 0.443 e. The van der Waals surface area contributed by atoms with Crippen LogP contribution in [0.5, 0.6) is 11.8 Å². The number of halogens is 3. The van der Waals surface area contributed by atoms with Gasteiger partial charge in [-0.05, 0) is 40.8 Å². The van der Waals surface area contributed by atoms with Gasteiger partial charge in [0.25, 0.3) is 0 Å². The minimum absolute atomic E-state index is 0.213. The zero-order valence-electron chi connectivity index (χ0n) is 19.5. The molecule has 0 saturated carbocycles. The van der Waals surface area contributed by atoms with E-state index in [1.165, 1.54) is 18.3 Å². The molecule has 14 heteroatoms. The number of nitro groups is 1. The van der Waals surface area contributed by atoms with Crippen LogP contribution in [0.15, 0.2) is 48.8 Å². The normalized spacial score (nSPS) is 17.8. The van der Waals surface area contributed by atoms with Gasteiger partial charge in [0, 0.05) is 43.0 Å². The van der Waals surface area contributed by atoms with E-state index in [1.54, 1.807) is 22.9 Å². The molecule has 1 saturated heterocycles. The van der Waals surface area contributed by atoms with Crippen molar-refractivity contribution in [1.82, 2.24) is 14.5 Å². The van der Waals surface area contributed by atoms with Gasteiger partial charge in [0.2, 0.25) is 0 Å². The zero-order valence-corrected chi connectivity index (χ0v) is 19.5. The molecule has 0 spiro atoms. The van der Waals surface area contributed by atoms with Gasteiger partial charge in [-0.1, -0.05) is 6.07 Å². The predicted octanol–water partition coefficient (Wildman–Crippen LogP) is 3.39.